The summed E-state index contributed by atoms with van der Waals surface area (Å²) in [5.41, 5.74) is 3.28. The minimum atomic E-state index is 0.334. The number of anilines is 1. The van der Waals surface area contributed by atoms with Crippen molar-refractivity contribution in [3.05, 3.63) is 54.8 Å². The van der Waals surface area contributed by atoms with Crippen LogP contribution in [0, 0.1) is 11.3 Å². The van der Waals surface area contributed by atoms with Gasteiger partial charge in [0.15, 0.2) is 0 Å². The lowest BCUT2D eigenvalue weighted by Gasteiger charge is -2.37. The molecule has 1 aliphatic rings. The second-order valence-corrected chi connectivity index (χ2v) is 7.71. The van der Waals surface area contributed by atoms with Crippen LogP contribution in [0.15, 0.2) is 58.7 Å². The average molecular weight is 403 g/mol. The fourth-order valence-corrected chi connectivity index (χ4v) is 4.18. The molecule has 4 aromatic heterocycles. The highest BCUT2D eigenvalue weighted by Crippen LogP contribution is 2.36. The maximum absolute atomic E-state index is 8.99. The van der Waals surface area contributed by atoms with E-state index < -0.39 is 0 Å². The van der Waals surface area contributed by atoms with Crippen LogP contribution >= 0.6 is 11.9 Å². The summed E-state index contributed by atoms with van der Waals surface area (Å²) in [6, 6.07) is 8.34. The molecule has 1 fully saturated rings. The summed E-state index contributed by atoms with van der Waals surface area (Å²) in [5.74, 6) is 0.552. The fourth-order valence-electron chi connectivity index (χ4n) is 3.40. The minimum Gasteiger partial charge on any atom is -0.444 e. The lowest BCUT2D eigenvalue weighted by molar-refractivity contribution is 0.355. The Balaban J connectivity index is 1.26. The molecule has 0 amide bonds. The fraction of sp³-hybridized carbons (Fsp3) is 0.200. The summed E-state index contributed by atoms with van der Waals surface area (Å²) in [6.07, 6.45) is 10.5. The molecule has 4 aromatic rings. The molecule has 4 heterocycles. The number of aromatic nitrogens is 4. The van der Waals surface area contributed by atoms with Gasteiger partial charge in [-0.1, -0.05) is 0 Å². The van der Waals surface area contributed by atoms with Crippen LogP contribution in [-0.2, 0) is 0 Å². The van der Waals surface area contributed by atoms with Crippen molar-refractivity contribution in [3.63, 3.8) is 0 Å². The number of nitrogens with zero attached hydrogens (tertiary/aromatic N) is 4. The first-order valence-electron chi connectivity index (χ1n) is 9.21. The largest absolute Gasteiger partial charge is 0.444 e. The smallest absolute Gasteiger partial charge is 0.229 e. The van der Waals surface area contributed by atoms with Crippen LogP contribution < -0.4 is 10.0 Å². The summed E-state index contributed by atoms with van der Waals surface area (Å²) in [5, 5.41) is 14.4. The molecule has 1 aliphatic carbocycles. The quantitative estimate of drug-likeness (QED) is 0.417. The van der Waals surface area contributed by atoms with Crippen LogP contribution in [0.2, 0.25) is 0 Å². The lowest BCUT2D eigenvalue weighted by atomic mass is 9.87. The number of hydrogen-bond acceptors (Lipinski definition) is 8. The number of oxazole rings is 1. The third kappa shape index (κ3) is 3.55. The molecule has 1 saturated carbocycles. The van der Waals surface area contributed by atoms with E-state index in [0.717, 1.165) is 40.2 Å². The number of nitrogens with one attached hydrogen (secondary N) is 3. The van der Waals surface area contributed by atoms with E-state index in [1.54, 1.807) is 37.0 Å². The van der Waals surface area contributed by atoms with Gasteiger partial charge < -0.3 is 14.7 Å². The van der Waals surface area contributed by atoms with Gasteiger partial charge in [0.25, 0.3) is 0 Å². The van der Waals surface area contributed by atoms with E-state index >= 15 is 0 Å². The van der Waals surface area contributed by atoms with Crippen molar-refractivity contribution in [2.75, 3.05) is 5.32 Å². The predicted octanol–water partition coefficient (Wildman–Crippen LogP) is 3.72. The van der Waals surface area contributed by atoms with E-state index in [4.69, 9.17) is 9.68 Å². The molecular weight excluding hydrogens is 386 g/mol. The van der Waals surface area contributed by atoms with Crippen molar-refractivity contribution < 1.29 is 4.42 Å². The first-order chi connectivity index (χ1) is 14.3. The summed E-state index contributed by atoms with van der Waals surface area (Å²) < 4.78 is 8.93. The molecule has 8 nitrogen and oxygen atoms in total. The Labute approximate surface area is 170 Å². The summed E-state index contributed by atoms with van der Waals surface area (Å²) in [7, 11) is 0. The van der Waals surface area contributed by atoms with Crippen molar-refractivity contribution in [1.82, 2.24) is 24.7 Å². The molecule has 5 rings (SSSR count). The van der Waals surface area contributed by atoms with Gasteiger partial charge in [0, 0.05) is 36.1 Å². The van der Waals surface area contributed by atoms with Crippen molar-refractivity contribution in [2.24, 2.45) is 0 Å². The molecule has 29 heavy (non-hydrogen) atoms. The van der Waals surface area contributed by atoms with E-state index in [1.165, 1.54) is 11.9 Å². The Morgan fingerprint density at radius 2 is 2.10 bits per heavy atom. The van der Waals surface area contributed by atoms with Crippen LogP contribution in [0.3, 0.4) is 0 Å². The van der Waals surface area contributed by atoms with Gasteiger partial charge >= 0.3 is 0 Å². The number of pyridine rings is 2. The predicted molar refractivity (Wildman–Crippen MR) is 110 cm³/mol. The molecule has 0 unspecified atom stereocenters. The topological polar surface area (TPSA) is 115 Å². The van der Waals surface area contributed by atoms with Crippen molar-refractivity contribution in [1.29, 1.82) is 5.26 Å². The number of hydrogen-bond donors (Lipinski definition) is 3. The maximum Gasteiger partial charge on any atom is 0.229 e. The Hall–Kier alpha value is -3.35. The van der Waals surface area contributed by atoms with Gasteiger partial charge in [-0.3, -0.25) is 4.72 Å². The Kier molecular flexibility index (Phi) is 4.63. The number of rotatable bonds is 6. The Morgan fingerprint density at radius 3 is 2.93 bits per heavy atom. The van der Waals surface area contributed by atoms with E-state index in [9.17, 15) is 0 Å². The number of fused-ring (bicyclic) bond motifs is 1. The van der Waals surface area contributed by atoms with Crippen molar-refractivity contribution in [3.8, 4) is 17.5 Å². The van der Waals surface area contributed by atoms with Crippen LogP contribution in [0.25, 0.3) is 22.5 Å². The van der Waals surface area contributed by atoms with Gasteiger partial charge in [0.05, 0.1) is 29.1 Å². The number of aromatic amines is 1. The van der Waals surface area contributed by atoms with Crippen molar-refractivity contribution in [2.45, 2.75) is 30.0 Å². The third-order valence-corrected chi connectivity index (χ3v) is 5.81. The zero-order valence-corrected chi connectivity index (χ0v) is 16.1. The van der Waals surface area contributed by atoms with Crippen LogP contribution in [0.1, 0.15) is 18.4 Å². The van der Waals surface area contributed by atoms with Gasteiger partial charge in [0.1, 0.15) is 16.9 Å². The summed E-state index contributed by atoms with van der Waals surface area (Å²) in [6.45, 7) is 0. The minimum absolute atomic E-state index is 0.334. The Morgan fingerprint density at radius 1 is 1.17 bits per heavy atom. The van der Waals surface area contributed by atoms with Crippen LogP contribution in [0.5, 0.6) is 0 Å². The van der Waals surface area contributed by atoms with E-state index in [2.05, 4.69) is 36.0 Å². The molecule has 0 radical (unpaired) electrons. The molecule has 0 aromatic carbocycles. The van der Waals surface area contributed by atoms with Crippen LogP contribution in [-0.4, -0.2) is 32.0 Å². The highest BCUT2D eigenvalue weighted by atomic mass is 32.2. The van der Waals surface area contributed by atoms with Crippen LogP contribution in [0.4, 0.5) is 5.69 Å². The number of H-pyrrole nitrogens is 1. The molecule has 9 heteroatoms. The second kappa shape index (κ2) is 7.58. The molecule has 3 N–H and O–H groups in total. The normalized spacial score (nSPS) is 18.3. The lowest BCUT2D eigenvalue weighted by Crippen LogP contribution is -2.45. The SMILES string of the molecule is N#Cc1ccnc(SN[C@H]2C[C@@H](Nc3c(-c4ncco4)cnc4[nH]ccc34)C2)c1. The second-order valence-electron chi connectivity index (χ2n) is 6.85. The van der Waals surface area contributed by atoms with Gasteiger partial charge in [0.2, 0.25) is 5.89 Å². The molecule has 0 saturated heterocycles. The van der Waals surface area contributed by atoms with E-state index in [0.29, 0.717) is 23.5 Å². The average Bonchev–Trinajstić information content (AvgIpc) is 3.41. The number of nitriles is 1. The first kappa shape index (κ1) is 17.7. The zero-order valence-electron chi connectivity index (χ0n) is 15.3. The maximum atomic E-state index is 8.99. The highest BCUT2D eigenvalue weighted by molar-refractivity contribution is 7.97. The van der Waals surface area contributed by atoms with Gasteiger partial charge in [-0.05, 0) is 43.0 Å². The molecule has 0 aliphatic heterocycles. The van der Waals surface area contributed by atoms with E-state index in [-0.39, 0.29) is 0 Å². The summed E-state index contributed by atoms with van der Waals surface area (Å²) >= 11 is 1.47. The van der Waals surface area contributed by atoms with E-state index in [1.807, 2.05) is 12.3 Å². The highest BCUT2D eigenvalue weighted by Gasteiger charge is 2.30. The first-order valence-corrected chi connectivity index (χ1v) is 10.0. The molecule has 144 valence electrons. The molecular formula is C20H17N7OS. The summed E-state index contributed by atoms with van der Waals surface area (Å²) in [4.78, 5) is 16.2. The zero-order chi connectivity index (χ0) is 19.6. The third-order valence-electron chi connectivity index (χ3n) is 4.93. The molecule has 0 bridgehead atoms. The Bertz CT molecular complexity index is 1180. The van der Waals surface area contributed by atoms with Crippen molar-refractivity contribution >= 4 is 28.7 Å². The van der Waals surface area contributed by atoms with Gasteiger partial charge in [-0.15, -0.1) is 0 Å². The molecule has 0 atom stereocenters. The monoisotopic (exact) mass is 403 g/mol. The standard InChI is InChI=1S/C20H17N7OS/c21-10-12-1-3-22-17(7-12)29-27-14-8-13(9-14)26-18-15-2-4-23-19(15)25-11-16(18)20-24-5-6-28-20/h1-7,11,13-14,27H,8-9H2,(H2,23,25,26)/t13-,14+. The molecule has 0 spiro atoms. The van der Waals surface area contributed by atoms with Gasteiger partial charge in [-0.25, -0.2) is 15.0 Å². The van der Waals surface area contributed by atoms with Gasteiger partial charge in [-0.2, -0.15) is 5.26 Å².